The third kappa shape index (κ3) is 2.90. The lowest BCUT2D eigenvalue weighted by Crippen LogP contribution is -2.15. The van der Waals surface area contributed by atoms with Crippen LogP contribution in [-0.4, -0.2) is 23.7 Å². The largest absolute Gasteiger partial charge is 0.504 e. The van der Waals surface area contributed by atoms with E-state index in [1.807, 2.05) is 18.2 Å². The van der Waals surface area contributed by atoms with Gasteiger partial charge in [0, 0.05) is 22.5 Å². The molecular weight excluding hydrogens is 288 g/mol. The highest BCUT2D eigenvalue weighted by molar-refractivity contribution is 5.85. The third-order valence-corrected chi connectivity index (χ3v) is 4.36. The molecule has 4 N–H and O–H groups in total. The number of phenols is 1. The third-order valence-electron chi connectivity index (χ3n) is 4.36. The summed E-state index contributed by atoms with van der Waals surface area (Å²) >= 11 is 0. The molecule has 4 heteroatoms. The normalized spacial score (nSPS) is 12.5. The fourth-order valence-corrected chi connectivity index (χ4v) is 3.26. The second-order valence-electron chi connectivity index (χ2n) is 5.85. The standard InChI is InChI=1S/C19H22N2O2/c1-12-19(15-5-3-4-6-16(15)21-12)14(11-20)9-13-7-8-17(22)18(10-13)23-2/h3-8,10,14,21-22H,9,11,20H2,1-2H3. The maximum Gasteiger partial charge on any atom is 0.160 e. The first kappa shape index (κ1) is 15.4. The lowest BCUT2D eigenvalue weighted by Gasteiger charge is -2.17. The minimum Gasteiger partial charge on any atom is -0.504 e. The minimum atomic E-state index is 0.156. The predicted octanol–water partition coefficient (Wildman–Crippen LogP) is 3.48. The number of aryl methyl sites for hydroxylation is 1. The number of nitrogens with one attached hydrogen (secondary N) is 1. The molecule has 3 rings (SSSR count). The van der Waals surface area contributed by atoms with Crippen LogP contribution in [0, 0.1) is 6.92 Å². The van der Waals surface area contributed by atoms with E-state index < -0.39 is 0 Å². The first-order valence-corrected chi connectivity index (χ1v) is 7.77. The van der Waals surface area contributed by atoms with Crippen molar-refractivity contribution in [2.45, 2.75) is 19.3 Å². The Morgan fingerprint density at radius 3 is 2.74 bits per heavy atom. The second kappa shape index (κ2) is 6.34. The summed E-state index contributed by atoms with van der Waals surface area (Å²) in [4.78, 5) is 3.44. The summed E-state index contributed by atoms with van der Waals surface area (Å²) in [5.74, 6) is 0.859. The van der Waals surface area contributed by atoms with E-state index in [0.717, 1.165) is 23.2 Å². The summed E-state index contributed by atoms with van der Waals surface area (Å²) < 4.78 is 5.20. The number of benzene rings is 2. The molecule has 3 aromatic rings. The van der Waals surface area contributed by atoms with Gasteiger partial charge in [0.25, 0.3) is 0 Å². The lowest BCUT2D eigenvalue weighted by molar-refractivity contribution is 0.373. The fraction of sp³-hybridized carbons (Fsp3) is 0.263. The van der Waals surface area contributed by atoms with Crippen molar-refractivity contribution in [1.82, 2.24) is 4.98 Å². The molecule has 0 spiro atoms. The van der Waals surface area contributed by atoms with Gasteiger partial charge < -0.3 is 20.6 Å². The molecule has 1 aromatic heterocycles. The van der Waals surface area contributed by atoms with Gasteiger partial charge in [-0.15, -0.1) is 0 Å². The lowest BCUT2D eigenvalue weighted by atomic mass is 9.90. The number of nitrogens with two attached hydrogens (primary N) is 1. The molecule has 4 nitrogen and oxygen atoms in total. The molecule has 0 aliphatic rings. The van der Waals surface area contributed by atoms with Gasteiger partial charge >= 0.3 is 0 Å². The number of methoxy groups -OCH3 is 1. The van der Waals surface area contributed by atoms with Crippen LogP contribution in [0.25, 0.3) is 10.9 Å². The maximum atomic E-state index is 9.74. The number of H-pyrrole nitrogens is 1. The average Bonchev–Trinajstić information content (AvgIpc) is 2.90. The Morgan fingerprint density at radius 1 is 1.22 bits per heavy atom. The number of hydrogen-bond donors (Lipinski definition) is 3. The molecule has 1 atom stereocenters. The number of ether oxygens (including phenoxy) is 1. The van der Waals surface area contributed by atoms with Crippen LogP contribution in [0.3, 0.4) is 0 Å². The summed E-state index contributed by atoms with van der Waals surface area (Å²) in [6, 6.07) is 13.8. The number of aromatic hydroxyl groups is 1. The van der Waals surface area contributed by atoms with Gasteiger partial charge in [0.2, 0.25) is 0 Å². The van der Waals surface area contributed by atoms with Crippen molar-refractivity contribution in [3.63, 3.8) is 0 Å². The molecule has 0 amide bonds. The van der Waals surface area contributed by atoms with E-state index in [1.165, 1.54) is 10.9 Å². The van der Waals surface area contributed by atoms with E-state index in [0.29, 0.717) is 12.3 Å². The topological polar surface area (TPSA) is 71.3 Å². The SMILES string of the molecule is COc1cc(CC(CN)c2c(C)[nH]c3ccccc23)ccc1O. The summed E-state index contributed by atoms with van der Waals surface area (Å²) in [6.07, 6.45) is 0.801. The molecule has 0 fully saturated rings. The van der Waals surface area contributed by atoms with Crippen LogP contribution in [0.5, 0.6) is 11.5 Å². The van der Waals surface area contributed by atoms with Crippen LogP contribution in [0.1, 0.15) is 22.7 Å². The number of aromatic amines is 1. The quantitative estimate of drug-likeness (QED) is 0.675. The Labute approximate surface area is 135 Å². The Hall–Kier alpha value is -2.46. The van der Waals surface area contributed by atoms with Crippen molar-refractivity contribution in [3.8, 4) is 11.5 Å². The van der Waals surface area contributed by atoms with E-state index in [9.17, 15) is 5.11 Å². The average molecular weight is 310 g/mol. The molecular formula is C19H22N2O2. The van der Waals surface area contributed by atoms with E-state index in [2.05, 4.69) is 30.1 Å². The van der Waals surface area contributed by atoms with Crippen LogP contribution in [-0.2, 0) is 6.42 Å². The highest BCUT2D eigenvalue weighted by Gasteiger charge is 2.18. The molecule has 0 radical (unpaired) electrons. The maximum absolute atomic E-state index is 9.74. The molecule has 1 unspecified atom stereocenters. The van der Waals surface area contributed by atoms with E-state index >= 15 is 0 Å². The van der Waals surface area contributed by atoms with Crippen molar-refractivity contribution in [1.29, 1.82) is 0 Å². The first-order chi connectivity index (χ1) is 11.1. The van der Waals surface area contributed by atoms with Crippen LogP contribution >= 0.6 is 0 Å². The van der Waals surface area contributed by atoms with Gasteiger partial charge in [-0.2, -0.15) is 0 Å². The molecule has 1 heterocycles. The number of hydrogen-bond acceptors (Lipinski definition) is 3. The summed E-state index contributed by atoms with van der Waals surface area (Å²) in [7, 11) is 1.56. The fourth-order valence-electron chi connectivity index (χ4n) is 3.26. The molecule has 2 aromatic carbocycles. The van der Waals surface area contributed by atoms with Crippen LogP contribution in [0.4, 0.5) is 0 Å². The molecule has 0 aliphatic heterocycles. The zero-order valence-corrected chi connectivity index (χ0v) is 13.5. The Bertz CT molecular complexity index is 823. The minimum absolute atomic E-state index is 0.156. The van der Waals surface area contributed by atoms with Crippen LogP contribution in [0.2, 0.25) is 0 Å². The van der Waals surface area contributed by atoms with Crippen molar-refractivity contribution in [2.75, 3.05) is 13.7 Å². The zero-order valence-electron chi connectivity index (χ0n) is 13.5. The summed E-state index contributed by atoms with van der Waals surface area (Å²) in [5, 5.41) is 11.0. The predicted molar refractivity (Wildman–Crippen MR) is 93.2 cm³/mol. The number of aromatic nitrogens is 1. The molecule has 0 saturated carbocycles. The molecule has 0 saturated heterocycles. The molecule has 120 valence electrons. The molecule has 23 heavy (non-hydrogen) atoms. The van der Waals surface area contributed by atoms with Gasteiger partial charge in [-0.1, -0.05) is 24.3 Å². The number of phenolic OH excluding ortho intramolecular Hbond substituents is 1. The van der Waals surface area contributed by atoms with Gasteiger partial charge in [-0.3, -0.25) is 0 Å². The van der Waals surface area contributed by atoms with Gasteiger partial charge in [0.1, 0.15) is 0 Å². The Kier molecular flexibility index (Phi) is 4.26. The first-order valence-electron chi connectivity index (χ1n) is 7.77. The van der Waals surface area contributed by atoms with Gasteiger partial charge in [0.05, 0.1) is 7.11 Å². The monoisotopic (exact) mass is 310 g/mol. The smallest absolute Gasteiger partial charge is 0.160 e. The van der Waals surface area contributed by atoms with Gasteiger partial charge in [-0.25, -0.2) is 0 Å². The number of rotatable bonds is 5. The van der Waals surface area contributed by atoms with Crippen molar-refractivity contribution >= 4 is 10.9 Å². The summed E-state index contributed by atoms with van der Waals surface area (Å²) in [6.45, 7) is 2.65. The van der Waals surface area contributed by atoms with Crippen molar-refractivity contribution in [2.24, 2.45) is 5.73 Å². The van der Waals surface area contributed by atoms with Gasteiger partial charge in [-0.05, 0) is 49.2 Å². The number of fused-ring (bicyclic) bond motifs is 1. The van der Waals surface area contributed by atoms with Crippen LogP contribution in [0.15, 0.2) is 42.5 Å². The van der Waals surface area contributed by atoms with Crippen molar-refractivity contribution < 1.29 is 9.84 Å². The van der Waals surface area contributed by atoms with Gasteiger partial charge in [0.15, 0.2) is 11.5 Å². The summed E-state index contributed by atoms with van der Waals surface area (Å²) in [5.41, 5.74) is 10.7. The van der Waals surface area contributed by atoms with E-state index in [1.54, 1.807) is 13.2 Å². The van der Waals surface area contributed by atoms with Crippen LogP contribution < -0.4 is 10.5 Å². The second-order valence-corrected chi connectivity index (χ2v) is 5.85. The number of para-hydroxylation sites is 1. The molecule has 0 aliphatic carbocycles. The highest BCUT2D eigenvalue weighted by atomic mass is 16.5. The van der Waals surface area contributed by atoms with E-state index in [4.69, 9.17) is 10.5 Å². The Balaban J connectivity index is 1.98. The van der Waals surface area contributed by atoms with E-state index in [-0.39, 0.29) is 11.7 Å². The Morgan fingerprint density at radius 2 is 2.00 bits per heavy atom. The zero-order chi connectivity index (χ0) is 16.4. The molecule has 0 bridgehead atoms. The highest BCUT2D eigenvalue weighted by Crippen LogP contribution is 2.33. The van der Waals surface area contributed by atoms with Crippen molar-refractivity contribution in [3.05, 3.63) is 59.3 Å².